The van der Waals surface area contributed by atoms with Crippen molar-refractivity contribution in [2.75, 3.05) is 12.8 Å². The number of nitrogens with zero attached hydrogens (tertiary/aromatic N) is 2. The number of pyridine rings is 1. The first-order valence-corrected chi connectivity index (χ1v) is 6.20. The quantitative estimate of drug-likeness (QED) is 0.934. The van der Waals surface area contributed by atoms with Crippen molar-refractivity contribution in [3.05, 3.63) is 59.0 Å². The monoisotopic (exact) mass is 273 g/mol. The van der Waals surface area contributed by atoms with Crippen LogP contribution in [0.2, 0.25) is 0 Å². The van der Waals surface area contributed by atoms with Gasteiger partial charge in [-0.05, 0) is 25.1 Å². The molecule has 0 fully saturated rings. The van der Waals surface area contributed by atoms with Crippen molar-refractivity contribution in [1.29, 1.82) is 0 Å². The minimum Gasteiger partial charge on any atom is -0.384 e. The minimum atomic E-state index is -0.322. The van der Waals surface area contributed by atoms with E-state index in [2.05, 4.69) is 4.98 Å². The zero-order chi connectivity index (χ0) is 14.7. The molecule has 0 spiro atoms. The predicted molar refractivity (Wildman–Crippen MR) is 75.6 cm³/mol. The van der Waals surface area contributed by atoms with E-state index in [0.29, 0.717) is 22.6 Å². The first-order valence-electron chi connectivity index (χ1n) is 6.20. The van der Waals surface area contributed by atoms with Crippen LogP contribution in [0.15, 0.2) is 36.4 Å². The van der Waals surface area contributed by atoms with Crippen LogP contribution in [0.1, 0.15) is 21.6 Å². The second kappa shape index (κ2) is 5.69. The van der Waals surface area contributed by atoms with Crippen LogP contribution in [0.4, 0.5) is 10.2 Å². The molecule has 0 aliphatic rings. The summed E-state index contributed by atoms with van der Waals surface area (Å²) in [7, 11) is 1.63. The second-order valence-electron chi connectivity index (χ2n) is 4.67. The Labute approximate surface area is 117 Å². The maximum Gasteiger partial charge on any atom is 0.254 e. The molecule has 4 nitrogen and oxygen atoms in total. The van der Waals surface area contributed by atoms with E-state index in [-0.39, 0.29) is 18.3 Å². The molecule has 5 heteroatoms. The lowest BCUT2D eigenvalue weighted by Crippen LogP contribution is -2.27. The van der Waals surface area contributed by atoms with E-state index in [4.69, 9.17) is 5.73 Å². The smallest absolute Gasteiger partial charge is 0.254 e. The Morgan fingerprint density at radius 1 is 1.35 bits per heavy atom. The van der Waals surface area contributed by atoms with Crippen LogP contribution in [0.5, 0.6) is 0 Å². The third-order valence-electron chi connectivity index (χ3n) is 2.93. The van der Waals surface area contributed by atoms with Gasteiger partial charge in [-0.1, -0.05) is 18.2 Å². The number of carbonyl (C=O) groups is 1. The molecule has 1 aromatic carbocycles. The van der Waals surface area contributed by atoms with Gasteiger partial charge >= 0.3 is 0 Å². The zero-order valence-electron chi connectivity index (χ0n) is 11.4. The lowest BCUT2D eigenvalue weighted by molar-refractivity contribution is 0.0783. The predicted octanol–water partition coefficient (Wildman–Crippen LogP) is 2.38. The van der Waals surface area contributed by atoms with Crippen molar-refractivity contribution in [2.24, 2.45) is 0 Å². The Morgan fingerprint density at radius 3 is 2.70 bits per heavy atom. The van der Waals surface area contributed by atoms with Gasteiger partial charge in [0.15, 0.2) is 0 Å². The molecule has 0 saturated heterocycles. The molecule has 0 atom stereocenters. The van der Waals surface area contributed by atoms with Crippen LogP contribution >= 0.6 is 0 Å². The van der Waals surface area contributed by atoms with Gasteiger partial charge in [-0.2, -0.15) is 0 Å². The summed E-state index contributed by atoms with van der Waals surface area (Å²) in [4.78, 5) is 17.8. The topological polar surface area (TPSA) is 59.2 Å². The van der Waals surface area contributed by atoms with E-state index in [1.807, 2.05) is 0 Å². The molecular formula is C15H16FN3O. The van der Waals surface area contributed by atoms with Gasteiger partial charge in [0.2, 0.25) is 0 Å². The molecule has 0 bridgehead atoms. The molecule has 2 N–H and O–H groups in total. The Kier molecular flexibility index (Phi) is 3.98. The van der Waals surface area contributed by atoms with E-state index < -0.39 is 0 Å². The highest BCUT2D eigenvalue weighted by Gasteiger charge is 2.14. The fourth-order valence-electron chi connectivity index (χ4n) is 1.99. The number of carbonyl (C=O) groups excluding carboxylic acids is 1. The van der Waals surface area contributed by atoms with Gasteiger partial charge in [0.25, 0.3) is 5.91 Å². The van der Waals surface area contributed by atoms with Crippen molar-refractivity contribution >= 4 is 11.7 Å². The van der Waals surface area contributed by atoms with Gasteiger partial charge in [0.1, 0.15) is 11.6 Å². The largest absolute Gasteiger partial charge is 0.384 e. The number of rotatable bonds is 3. The molecule has 0 radical (unpaired) electrons. The van der Waals surface area contributed by atoms with E-state index in [0.717, 1.165) is 0 Å². The van der Waals surface area contributed by atoms with Gasteiger partial charge < -0.3 is 10.6 Å². The van der Waals surface area contributed by atoms with Crippen molar-refractivity contribution in [1.82, 2.24) is 9.88 Å². The van der Waals surface area contributed by atoms with E-state index >= 15 is 0 Å². The number of aromatic nitrogens is 1. The Morgan fingerprint density at radius 2 is 2.05 bits per heavy atom. The van der Waals surface area contributed by atoms with Crippen molar-refractivity contribution < 1.29 is 9.18 Å². The molecule has 1 aromatic heterocycles. The summed E-state index contributed by atoms with van der Waals surface area (Å²) in [6.45, 7) is 1.97. The molecule has 1 heterocycles. The van der Waals surface area contributed by atoms with E-state index in [1.165, 1.54) is 17.0 Å². The molecule has 0 aliphatic heterocycles. The van der Waals surface area contributed by atoms with Crippen LogP contribution in [0.25, 0.3) is 0 Å². The highest BCUT2D eigenvalue weighted by atomic mass is 19.1. The van der Waals surface area contributed by atoms with Crippen molar-refractivity contribution in [3.63, 3.8) is 0 Å². The maximum atomic E-state index is 13.6. The molecule has 104 valence electrons. The molecule has 20 heavy (non-hydrogen) atoms. The fourth-order valence-corrected chi connectivity index (χ4v) is 1.99. The summed E-state index contributed by atoms with van der Waals surface area (Å²) in [5.74, 6) is -0.240. The third kappa shape index (κ3) is 3.12. The van der Waals surface area contributed by atoms with Crippen molar-refractivity contribution in [3.8, 4) is 0 Å². The van der Waals surface area contributed by atoms with E-state index in [1.54, 1.807) is 38.2 Å². The average Bonchev–Trinajstić information content (AvgIpc) is 2.39. The Balaban J connectivity index is 2.18. The van der Waals surface area contributed by atoms with Crippen LogP contribution in [-0.4, -0.2) is 22.8 Å². The van der Waals surface area contributed by atoms with Gasteiger partial charge in [0, 0.05) is 30.4 Å². The summed E-state index contributed by atoms with van der Waals surface area (Å²) in [6.07, 6.45) is 0. The number of anilines is 1. The molecule has 0 saturated carbocycles. The van der Waals surface area contributed by atoms with Gasteiger partial charge in [-0.15, -0.1) is 0 Å². The van der Waals surface area contributed by atoms with Crippen LogP contribution in [0, 0.1) is 12.7 Å². The Hall–Kier alpha value is -2.43. The van der Waals surface area contributed by atoms with Crippen LogP contribution in [-0.2, 0) is 6.54 Å². The summed E-state index contributed by atoms with van der Waals surface area (Å²) in [5, 5.41) is 0. The number of hydrogen-bond acceptors (Lipinski definition) is 3. The molecular weight excluding hydrogens is 257 g/mol. The average molecular weight is 273 g/mol. The van der Waals surface area contributed by atoms with Crippen LogP contribution in [0.3, 0.4) is 0 Å². The molecule has 2 rings (SSSR count). The van der Waals surface area contributed by atoms with E-state index in [9.17, 15) is 9.18 Å². The highest BCUT2D eigenvalue weighted by Crippen LogP contribution is 2.13. The number of hydrogen-bond donors (Lipinski definition) is 1. The molecule has 0 unspecified atom stereocenters. The van der Waals surface area contributed by atoms with Crippen molar-refractivity contribution in [2.45, 2.75) is 13.5 Å². The third-order valence-corrected chi connectivity index (χ3v) is 2.93. The summed E-state index contributed by atoms with van der Waals surface area (Å²) in [6, 6.07) is 9.58. The van der Waals surface area contributed by atoms with Gasteiger partial charge in [-0.25, -0.2) is 9.37 Å². The second-order valence-corrected chi connectivity index (χ2v) is 4.67. The standard InChI is InChI=1S/C15H16FN3O/c1-10-7-12(8-14(17)18-10)15(20)19(2)9-11-5-3-4-6-13(11)16/h3-8H,9H2,1-2H3,(H2,17,18). The maximum absolute atomic E-state index is 13.6. The number of amides is 1. The number of benzene rings is 1. The van der Waals surface area contributed by atoms with Gasteiger partial charge in [-0.3, -0.25) is 4.79 Å². The Bertz CT molecular complexity index is 623. The van der Waals surface area contributed by atoms with Gasteiger partial charge in [0.05, 0.1) is 0 Å². The number of aryl methyl sites for hydroxylation is 1. The zero-order valence-corrected chi connectivity index (χ0v) is 11.4. The number of nitrogens with two attached hydrogens (primary N) is 1. The van der Waals surface area contributed by atoms with Crippen LogP contribution < -0.4 is 5.73 Å². The summed E-state index contributed by atoms with van der Waals surface area (Å²) in [5.41, 5.74) is 7.23. The fraction of sp³-hybridized carbons (Fsp3) is 0.200. The number of halogens is 1. The molecule has 0 aliphatic carbocycles. The molecule has 2 aromatic rings. The first-order chi connectivity index (χ1) is 9.47. The number of nitrogen functional groups attached to an aromatic ring is 1. The summed E-state index contributed by atoms with van der Waals surface area (Å²) >= 11 is 0. The summed E-state index contributed by atoms with van der Waals surface area (Å²) < 4.78 is 13.6. The highest BCUT2D eigenvalue weighted by molar-refractivity contribution is 5.94. The normalized spacial score (nSPS) is 10.3. The molecule has 1 amide bonds. The first kappa shape index (κ1) is 14.0. The lowest BCUT2D eigenvalue weighted by Gasteiger charge is -2.18. The minimum absolute atomic E-state index is 0.201. The SMILES string of the molecule is Cc1cc(C(=O)N(C)Cc2ccccc2F)cc(N)n1. The lowest BCUT2D eigenvalue weighted by atomic mass is 10.1.